The molecule has 9 heteroatoms. The van der Waals surface area contributed by atoms with Gasteiger partial charge in [-0.05, 0) is 69.6 Å². The van der Waals surface area contributed by atoms with Crippen LogP contribution in [0.15, 0.2) is 152 Å². The van der Waals surface area contributed by atoms with E-state index in [1.165, 1.54) is 7.11 Å². The average Bonchev–Trinajstić information content (AvgIpc) is 3.13. The van der Waals surface area contributed by atoms with Crippen LogP contribution in [-0.2, 0) is 0 Å². The maximum Gasteiger partial charge on any atom is 0.323 e. The van der Waals surface area contributed by atoms with Gasteiger partial charge in [0.15, 0.2) is 0 Å². The second-order valence-corrected chi connectivity index (χ2v) is 11.2. The van der Waals surface area contributed by atoms with Gasteiger partial charge in [-0.2, -0.15) is 0 Å². The van der Waals surface area contributed by atoms with Crippen LogP contribution in [0.5, 0.6) is 17.2 Å². The minimum absolute atomic E-state index is 0.0128. The predicted molar refractivity (Wildman–Crippen MR) is 201 cm³/mol. The molecule has 0 spiro atoms. The Bertz CT molecular complexity index is 2290. The van der Waals surface area contributed by atoms with Crippen molar-refractivity contribution < 1.29 is 24.5 Å². The van der Waals surface area contributed by atoms with E-state index in [2.05, 4.69) is 21.3 Å². The number of phenols is 2. The zero-order chi connectivity index (χ0) is 34.9. The Morgan fingerprint density at radius 3 is 1.40 bits per heavy atom. The minimum atomic E-state index is -0.458. The number of anilines is 4. The van der Waals surface area contributed by atoms with Crippen molar-refractivity contribution in [1.29, 1.82) is 0 Å². The molecule has 248 valence electrons. The van der Waals surface area contributed by atoms with Crippen molar-refractivity contribution in [3.05, 3.63) is 152 Å². The molecule has 0 heterocycles. The number of benzene rings is 7. The summed E-state index contributed by atoms with van der Waals surface area (Å²) in [4.78, 5) is 24.7. The topological polar surface area (TPSA) is 132 Å². The molecule has 0 radical (unpaired) electrons. The minimum Gasteiger partial charge on any atom is -0.506 e. The fourth-order valence-electron chi connectivity index (χ4n) is 5.42. The second-order valence-electron chi connectivity index (χ2n) is 11.2. The Kier molecular flexibility index (Phi) is 10.1. The second kappa shape index (κ2) is 15.3. The molecule has 0 aliphatic carbocycles. The molecule has 0 saturated heterocycles. The molecule has 0 aliphatic rings. The summed E-state index contributed by atoms with van der Waals surface area (Å²) >= 11 is 0. The van der Waals surface area contributed by atoms with Crippen LogP contribution in [0.2, 0.25) is 0 Å². The van der Waals surface area contributed by atoms with Crippen LogP contribution >= 0.6 is 0 Å². The normalized spacial score (nSPS) is 10.4. The smallest absolute Gasteiger partial charge is 0.323 e. The number of phenolic OH excluding ortho intramolecular Hbond substituents is 2. The fraction of sp³-hybridized carbons (Fsp3) is 0.0244. The van der Waals surface area contributed by atoms with Gasteiger partial charge in [-0.25, -0.2) is 9.59 Å². The van der Waals surface area contributed by atoms with Gasteiger partial charge in [-0.1, -0.05) is 109 Å². The number of rotatable bonds is 6. The first-order valence-corrected chi connectivity index (χ1v) is 15.7. The highest BCUT2D eigenvalue weighted by atomic mass is 16.5. The average molecular weight is 663 g/mol. The van der Waals surface area contributed by atoms with Gasteiger partial charge < -0.3 is 36.2 Å². The molecular weight excluding hydrogens is 628 g/mol. The van der Waals surface area contributed by atoms with Gasteiger partial charge in [0.2, 0.25) is 0 Å². The lowest BCUT2D eigenvalue weighted by atomic mass is 10.0. The molecule has 7 rings (SSSR count). The largest absolute Gasteiger partial charge is 0.506 e. The van der Waals surface area contributed by atoms with E-state index in [1.54, 1.807) is 42.5 Å². The van der Waals surface area contributed by atoms with Gasteiger partial charge in [0.05, 0.1) is 29.9 Å². The van der Waals surface area contributed by atoms with Gasteiger partial charge in [0.1, 0.15) is 17.2 Å². The van der Waals surface area contributed by atoms with E-state index in [0.29, 0.717) is 28.5 Å². The lowest BCUT2D eigenvalue weighted by Crippen LogP contribution is -2.19. The zero-order valence-corrected chi connectivity index (χ0v) is 27.1. The van der Waals surface area contributed by atoms with Gasteiger partial charge in [0, 0.05) is 5.56 Å². The molecule has 6 N–H and O–H groups in total. The Hall–Kier alpha value is -7.00. The summed E-state index contributed by atoms with van der Waals surface area (Å²) in [5.41, 5.74) is 3.90. The number of fused-ring (bicyclic) bond motifs is 2. The number of methoxy groups -OCH3 is 1. The number of urea groups is 2. The van der Waals surface area contributed by atoms with Crippen molar-refractivity contribution in [1.82, 2.24) is 0 Å². The molecule has 0 atom stereocenters. The van der Waals surface area contributed by atoms with Crippen molar-refractivity contribution in [2.45, 2.75) is 0 Å². The van der Waals surface area contributed by atoms with Gasteiger partial charge in [-0.15, -0.1) is 0 Å². The van der Waals surface area contributed by atoms with E-state index in [0.717, 1.165) is 32.7 Å². The van der Waals surface area contributed by atoms with E-state index >= 15 is 0 Å². The molecule has 0 aromatic heterocycles. The Morgan fingerprint density at radius 2 is 0.860 bits per heavy atom. The Balaban J connectivity index is 0.000000175. The molecule has 7 aromatic carbocycles. The molecule has 0 unspecified atom stereocenters. The van der Waals surface area contributed by atoms with E-state index in [-0.39, 0.29) is 11.5 Å². The molecule has 0 aliphatic heterocycles. The van der Waals surface area contributed by atoms with Crippen LogP contribution in [0.4, 0.5) is 32.3 Å². The quantitative estimate of drug-likeness (QED) is 0.0987. The van der Waals surface area contributed by atoms with Crippen LogP contribution in [0, 0.1) is 0 Å². The number of nitrogens with one attached hydrogen (secondary N) is 4. The number of para-hydroxylation sites is 3. The van der Waals surface area contributed by atoms with Crippen molar-refractivity contribution in [3.63, 3.8) is 0 Å². The lowest BCUT2D eigenvalue weighted by molar-refractivity contribution is 0.261. The van der Waals surface area contributed by atoms with Crippen LogP contribution in [-0.4, -0.2) is 29.4 Å². The van der Waals surface area contributed by atoms with Crippen molar-refractivity contribution in [3.8, 4) is 28.4 Å². The van der Waals surface area contributed by atoms with Crippen molar-refractivity contribution in [2.24, 2.45) is 0 Å². The van der Waals surface area contributed by atoms with Gasteiger partial charge in [-0.3, -0.25) is 0 Å². The van der Waals surface area contributed by atoms with E-state index in [9.17, 15) is 19.8 Å². The first kappa shape index (κ1) is 32.9. The number of hydrogen-bond acceptors (Lipinski definition) is 5. The summed E-state index contributed by atoms with van der Waals surface area (Å²) in [7, 11) is 1.54. The van der Waals surface area contributed by atoms with Crippen LogP contribution in [0.3, 0.4) is 0 Å². The molecule has 0 saturated carbocycles. The van der Waals surface area contributed by atoms with Crippen LogP contribution in [0.1, 0.15) is 0 Å². The summed E-state index contributed by atoms with van der Waals surface area (Å²) in [5, 5.41) is 34.9. The summed E-state index contributed by atoms with van der Waals surface area (Å²) < 4.78 is 5.19. The highest BCUT2D eigenvalue weighted by Crippen LogP contribution is 2.32. The number of carbonyl (C=O) groups is 2. The predicted octanol–water partition coefficient (Wildman–Crippen LogP) is 10.1. The van der Waals surface area contributed by atoms with Crippen molar-refractivity contribution >= 4 is 56.4 Å². The van der Waals surface area contributed by atoms with Gasteiger partial charge >= 0.3 is 12.1 Å². The SMILES string of the molecule is COc1ccccc1NC(=O)Nc1cc2ccccc2cc1O.O=C(Nc1cc2ccccc2cc1O)Nc1ccccc1-c1ccccc1. The monoisotopic (exact) mass is 662 g/mol. The lowest BCUT2D eigenvalue weighted by Gasteiger charge is -2.13. The molecule has 9 nitrogen and oxygen atoms in total. The standard InChI is InChI=1S/C23H18N2O2.C18H16N2O3/c26-22-15-18-11-5-4-10-17(18)14-21(22)25-23(27)24-20-13-7-6-12-19(20)16-8-2-1-3-9-16;1-23-17-9-5-4-8-14(17)19-18(22)20-15-10-12-6-2-3-7-13(12)11-16(15)21/h1-15,26H,(H2,24,25,27);2-11,21H,1H3,(H2,19,20,22). The molecule has 50 heavy (non-hydrogen) atoms. The summed E-state index contributed by atoms with van der Waals surface area (Å²) in [5.74, 6) is 0.601. The molecule has 0 fully saturated rings. The third kappa shape index (κ3) is 7.92. The van der Waals surface area contributed by atoms with Crippen LogP contribution in [0.25, 0.3) is 32.7 Å². The molecular formula is C41H34N4O5. The Morgan fingerprint density at radius 1 is 0.460 bits per heavy atom. The van der Waals surface area contributed by atoms with E-state index in [1.807, 2.05) is 109 Å². The maximum absolute atomic E-state index is 12.5. The number of aromatic hydroxyl groups is 2. The number of carbonyl (C=O) groups excluding carboxylic acids is 2. The zero-order valence-electron chi connectivity index (χ0n) is 27.1. The maximum atomic E-state index is 12.5. The number of amides is 4. The third-order valence-corrected chi connectivity index (χ3v) is 7.84. The summed E-state index contributed by atoms with van der Waals surface area (Å²) in [6.45, 7) is 0. The molecule has 0 bridgehead atoms. The summed E-state index contributed by atoms with van der Waals surface area (Å²) in [6, 6.07) is 45.7. The van der Waals surface area contributed by atoms with Crippen molar-refractivity contribution in [2.75, 3.05) is 28.4 Å². The Labute approximate surface area is 288 Å². The molecule has 7 aromatic rings. The highest BCUT2D eigenvalue weighted by Gasteiger charge is 2.12. The third-order valence-electron chi connectivity index (χ3n) is 7.84. The number of ether oxygens (including phenoxy) is 1. The highest BCUT2D eigenvalue weighted by molar-refractivity contribution is 6.05. The first-order valence-electron chi connectivity index (χ1n) is 15.7. The number of hydrogen-bond donors (Lipinski definition) is 6. The van der Waals surface area contributed by atoms with E-state index in [4.69, 9.17) is 4.74 Å². The van der Waals surface area contributed by atoms with Crippen LogP contribution < -0.4 is 26.0 Å². The van der Waals surface area contributed by atoms with Gasteiger partial charge in [0.25, 0.3) is 0 Å². The molecule has 4 amide bonds. The summed E-state index contributed by atoms with van der Waals surface area (Å²) in [6.07, 6.45) is 0. The van der Waals surface area contributed by atoms with E-state index < -0.39 is 12.1 Å². The first-order chi connectivity index (χ1) is 24.4. The fourth-order valence-corrected chi connectivity index (χ4v) is 5.42.